The molecule has 25 heavy (non-hydrogen) atoms. The number of hydrogen-bond donors (Lipinski definition) is 2. The lowest BCUT2D eigenvalue weighted by Crippen LogP contribution is -2.43. The Labute approximate surface area is 152 Å². The van der Waals surface area contributed by atoms with E-state index < -0.39 is 0 Å². The zero-order valence-electron chi connectivity index (χ0n) is 15.9. The molecule has 1 aromatic rings. The molecule has 0 bridgehead atoms. The average Bonchev–Trinajstić information content (AvgIpc) is 2.64. The first-order valence-electron chi connectivity index (χ1n) is 10.5. The van der Waals surface area contributed by atoms with Crippen molar-refractivity contribution in [1.29, 1.82) is 0 Å². The van der Waals surface area contributed by atoms with E-state index in [1.54, 1.807) is 0 Å². The second-order valence-corrected chi connectivity index (χ2v) is 8.59. The van der Waals surface area contributed by atoms with Crippen molar-refractivity contribution >= 4 is 0 Å². The molecule has 1 aliphatic heterocycles. The minimum atomic E-state index is 0.669. The van der Waals surface area contributed by atoms with Gasteiger partial charge in [-0.2, -0.15) is 0 Å². The van der Waals surface area contributed by atoms with Crippen LogP contribution in [0.15, 0.2) is 0 Å². The molecule has 4 heteroatoms. The molecule has 1 saturated carbocycles. The smallest absolute Gasteiger partial charge is 0.130 e. The van der Waals surface area contributed by atoms with Crippen molar-refractivity contribution in [2.75, 3.05) is 19.6 Å². The minimum absolute atomic E-state index is 0.669. The molecule has 0 radical (unpaired) electrons. The average molecular weight is 343 g/mol. The van der Waals surface area contributed by atoms with Gasteiger partial charge < -0.3 is 10.6 Å². The number of fused-ring (bicyclic) bond motifs is 1. The van der Waals surface area contributed by atoms with E-state index in [9.17, 15) is 0 Å². The van der Waals surface area contributed by atoms with E-state index in [0.717, 1.165) is 25.2 Å². The number of aromatic nitrogens is 2. The van der Waals surface area contributed by atoms with Crippen molar-refractivity contribution in [2.45, 2.75) is 83.6 Å². The predicted molar refractivity (Wildman–Crippen MR) is 102 cm³/mol. The van der Waals surface area contributed by atoms with Gasteiger partial charge in [0.25, 0.3) is 0 Å². The van der Waals surface area contributed by atoms with Crippen molar-refractivity contribution in [3.05, 3.63) is 22.8 Å². The van der Waals surface area contributed by atoms with E-state index in [2.05, 4.69) is 17.6 Å². The molecule has 0 unspecified atom stereocenters. The summed E-state index contributed by atoms with van der Waals surface area (Å²) in [6.45, 7) is 5.65. The lowest BCUT2D eigenvalue weighted by Gasteiger charge is -2.43. The monoisotopic (exact) mass is 342 g/mol. The van der Waals surface area contributed by atoms with Crippen LogP contribution in [-0.2, 0) is 19.3 Å². The molecule has 0 aromatic carbocycles. The standard InChI is InChI=1S/C21H34N4/c1-16-18-4-2-3-5-19(18)25-20(24-16)8-13-23-17-6-9-21(10-7-17)11-14-22-15-12-21/h17,22-23H,2-15H2,1H3. The van der Waals surface area contributed by atoms with Gasteiger partial charge in [-0.15, -0.1) is 0 Å². The zero-order valence-corrected chi connectivity index (χ0v) is 15.9. The highest BCUT2D eigenvalue weighted by atomic mass is 14.9. The predicted octanol–water partition coefficient (Wildman–Crippen LogP) is 3.11. The Morgan fingerprint density at radius 1 is 1.04 bits per heavy atom. The van der Waals surface area contributed by atoms with Gasteiger partial charge in [0.15, 0.2) is 0 Å². The number of nitrogens with one attached hydrogen (secondary N) is 2. The lowest BCUT2D eigenvalue weighted by molar-refractivity contribution is 0.116. The van der Waals surface area contributed by atoms with Crippen LogP contribution in [0.25, 0.3) is 0 Å². The first kappa shape index (κ1) is 17.4. The summed E-state index contributed by atoms with van der Waals surface area (Å²) in [5.74, 6) is 1.05. The Balaban J connectivity index is 1.25. The van der Waals surface area contributed by atoms with Gasteiger partial charge in [0.2, 0.25) is 0 Å². The fourth-order valence-corrected chi connectivity index (χ4v) is 5.24. The molecule has 4 rings (SSSR count). The number of aryl methyl sites for hydroxylation is 2. The van der Waals surface area contributed by atoms with E-state index in [1.165, 1.54) is 87.8 Å². The van der Waals surface area contributed by atoms with Crippen LogP contribution in [0.3, 0.4) is 0 Å². The van der Waals surface area contributed by atoms with Crippen LogP contribution >= 0.6 is 0 Å². The highest BCUT2D eigenvalue weighted by Gasteiger charge is 2.35. The number of nitrogens with zero attached hydrogens (tertiary/aromatic N) is 2. The maximum Gasteiger partial charge on any atom is 0.130 e. The molecule has 0 amide bonds. The van der Waals surface area contributed by atoms with Crippen LogP contribution in [-0.4, -0.2) is 35.6 Å². The molecule has 1 spiro atoms. The lowest BCUT2D eigenvalue weighted by atomic mass is 9.67. The summed E-state index contributed by atoms with van der Waals surface area (Å²) in [6, 6.07) is 0.708. The third kappa shape index (κ3) is 4.06. The summed E-state index contributed by atoms with van der Waals surface area (Å²) in [7, 11) is 0. The van der Waals surface area contributed by atoms with Gasteiger partial charge in [-0.05, 0) is 95.2 Å². The second kappa shape index (κ2) is 7.71. The molecule has 138 valence electrons. The number of hydrogen-bond acceptors (Lipinski definition) is 4. The molecule has 4 nitrogen and oxygen atoms in total. The molecular formula is C21H34N4. The van der Waals surface area contributed by atoms with Crippen molar-refractivity contribution in [1.82, 2.24) is 20.6 Å². The van der Waals surface area contributed by atoms with Gasteiger partial charge in [0.05, 0.1) is 0 Å². The molecule has 1 aromatic heterocycles. The van der Waals surface area contributed by atoms with Gasteiger partial charge in [0.1, 0.15) is 5.82 Å². The highest BCUT2D eigenvalue weighted by Crippen LogP contribution is 2.43. The summed E-state index contributed by atoms with van der Waals surface area (Å²) >= 11 is 0. The van der Waals surface area contributed by atoms with Crippen LogP contribution in [0.2, 0.25) is 0 Å². The number of piperidine rings is 1. The SMILES string of the molecule is Cc1nc(CCNC2CCC3(CCNCC3)CC2)nc2c1CCCC2. The van der Waals surface area contributed by atoms with Crippen molar-refractivity contribution in [3.63, 3.8) is 0 Å². The second-order valence-electron chi connectivity index (χ2n) is 8.59. The topological polar surface area (TPSA) is 49.8 Å². The largest absolute Gasteiger partial charge is 0.317 e. The quantitative estimate of drug-likeness (QED) is 0.883. The van der Waals surface area contributed by atoms with E-state index in [1.807, 2.05) is 0 Å². The Bertz CT molecular complexity index is 582. The Kier molecular flexibility index (Phi) is 5.37. The third-order valence-electron chi connectivity index (χ3n) is 6.93. The van der Waals surface area contributed by atoms with Crippen LogP contribution in [0.5, 0.6) is 0 Å². The molecular weight excluding hydrogens is 308 g/mol. The summed E-state index contributed by atoms with van der Waals surface area (Å²) < 4.78 is 0. The Hall–Kier alpha value is -1.00. The van der Waals surface area contributed by atoms with Gasteiger partial charge in [-0.3, -0.25) is 0 Å². The number of rotatable bonds is 4. The van der Waals surface area contributed by atoms with Crippen LogP contribution in [0.4, 0.5) is 0 Å². The fraction of sp³-hybridized carbons (Fsp3) is 0.810. The Morgan fingerprint density at radius 2 is 1.80 bits per heavy atom. The summed E-state index contributed by atoms with van der Waals surface area (Å²) in [4.78, 5) is 9.65. The van der Waals surface area contributed by atoms with Gasteiger partial charge in [-0.1, -0.05) is 0 Å². The van der Waals surface area contributed by atoms with Crippen LogP contribution in [0.1, 0.15) is 74.1 Å². The van der Waals surface area contributed by atoms with Crippen LogP contribution in [0, 0.1) is 12.3 Å². The van der Waals surface area contributed by atoms with Crippen LogP contribution < -0.4 is 10.6 Å². The van der Waals surface area contributed by atoms with E-state index in [-0.39, 0.29) is 0 Å². The molecule has 2 aliphatic carbocycles. The Morgan fingerprint density at radius 3 is 2.60 bits per heavy atom. The molecule has 2 fully saturated rings. The van der Waals surface area contributed by atoms with Crippen molar-refractivity contribution in [2.24, 2.45) is 5.41 Å². The molecule has 2 N–H and O–H groups in total. The summed E-state index contributed by atoms with van der Waals surface area (Å²) in [6.07, 6.45) is 14.2. The minimum Gasteiger partial charge on any atom is -0.317 e. The van der Waals surface area contributed by atoms with Crippen molar-refractivity contribution < 1.29 is 0 Å². The summed E-state index contributed by atoms with van der Waals surface area (Å²) in [5, 5.41) is 7.31. The molecule has 3 aliphatic rings. The highest BCUT2D eigenvalue weighted by molar-refractivity contribution is 5.27. The summed E-state index contributed by atoms with van der Waals surface area (Å²) in [5.41, 5.74) is 4.66. The fourth-order valence-electron chi connectivity index (χ4n) is 5.24. The van der Waals surface area contributed by atoms with E-state index >= 15 is 0 Å². The molecule has 0 atom stereocenters. The normalized spacial score (nSPS) is 23.6. The first-order valence-corrected chi connectivity index (χ1v) is 10.5. The molecule has 2 heterocycles. The third-order valence-corrected chi connectivity index (χ3v) is 6.93. The van der Waals surface area contributed by atoms with Gasteiger partial charge >= 0.3 is 0 Å². The van der Waals surface area contributed by atoms with E-state index in [0.29, 0.717) is 11.5 Å². The van der Waals surface area contributed by atoms with E-state index in [4.69, 9.17) is 9.97 Å². The van der Waals surface area contributed by atoms with Gasteiger partial charge in [0, 0.05) is 30.4 Å². The van der Waals surface area contributed by atoms with Crippen molar-refractivity contribution in [3.8, 4) is 0 Å². The van der Waals surface area contributed by atoms with Gasteiger partial charge in [-0.25, -0.2) is 9.97 Å². The first-order chi connectivity index (χ1) is 12.2. The maximum atomic E-state index is 4.87. The maximum absolute atomic E-state index is 4.87. The molecule has 1 saturated heterocycles. The zero-order chi connectivity index (χ0) is 17.1.